The van der Waals surface area contributed by atoms with Crippen LogP contribution in [-0.4, -0.2) is 140 Å². The first-order valence-corrected chi connectivity index (χ1v) is 23.5. The fourth-order valence-corrected chi connectivity index (χ4v) is 8.72. The van der Waals surface area contributed by atoms with E-state index in [1.807, 2.05) is 45.9 Å². The quantitative estimate of drug-likeness (QED) is 0.0519. The van der Waals surface area contributed by atoms with Gasteiger partial charge in [-0.1, -0.05) is 12.5 Å². The lowest BCUT2D eigenvalue weighted by molar-refractivity contribution is -0.433. The zero-order valence-corrected chi connectivity index (χ0v) is 37.6. The van der Waals surface area contributed by atoms with Crippen LogP contribution >= 0.6 is 0 Å². The summed E-state index contributed by atoms with van der Waals surface area (Å²) < 4.78 is 104. The normalized spacial score (nSPS) is 18.1. The number of hydrogen-bond acceptors (Lipinski definition) is 12. The van der Waals surface area contributed by atoms with Gasteiger partial charge in [-0.3, -0.25) is 13.9 Å². The Labute approximate surface area is 360 Å². The van der Waals surface area contributed by atoms with Gasteiger partial charge in [0.2, 0.25) is 5.69 Å². The van der Waals surface area contributed by atoms with Crippen molar-refractivity contribution in [2.45, 2.75) is 80.4 Å². The molecule has 16 nitrogen and oxygen atoms in total. The van der Waals surface area contributed by atoms with Crippen LogP contribution in [0.25, 0.3) is 0 Å². The van der Waals surface area contributed by atoms with E-state index in [4.69, 9.17) is 28.4 Å². The molecule has 1 unspecified atom stereocenters. The SMILES string of the molecule is CC[N+]1=C(/C=C/C=C2/N(CCCCCC(=O)O)c3ccc(S(=O)(=O)O)cc3C2(C)CCOCCOCCOCCOCCOCCOC)C(C)(C)c2cc(S(=O)(=O)O)ccc21. The van der Waals surface area contributed by atoms with Crippen molar-refractivity contribution in [2.24, 2.45) is 0 Å². The van der Waals surface area contributed by atoms with E-state index in [1.54, 1.807) is 19.2 Å². The highest BCUT2D eigenvalue weighted by Crippen LogP contribution is 2.51. The van der Waals surface area contributed by atoms with E-state index in [-0.39, 0.29) is 16.2 Å². The number of benzene rings is 2. The molecule has 3 N–H and O–H groups in total. The van der Waals surface area contributed by atoms with Crippen LogP contribution in [0, 0.1) is 0 Å². The summed E-state index contributed by atoms with van der Waals surface area (Å²) in [7, 11) is -7.32. The Balaban J connectivity index is 1.51. The highest BCUT2D eigenvalue weighted by Gasteiger charge is 2.46. The summed E-state index contributed by atoms with van der Waals surface area (Å²) in [5.41, 5.74) is 3.39. The van der Waals surface area contributed by atoms with Gasteiger partial charge in [0.15, 0.2) is 5.71 Å². The van der Waals surface area contributed by atoms with Crippen molar-refractivity contribution >= 4 is 43.3 Å². The molecule has 18 heteroatoms. The smallest absolute Gasteiger partial charge is 0.303 e. The maximum absolute atomic E-state index is 12.4. The highest BCUT2D eigenvalue weighted by atomic mass is 32.2. The third-order valence-corrected chi connectivity index (χ3v) is 12.6. The first-order valence-electron chi connectivity index (χ1n) is 20.6. The predicted molar refractivity (Wildman–Crippen MR) is 230 cm³/mol. The molecule has 2 aliphatic heterocycles. The van der Waals surface area contributed by atoms with Crippen molar-refractivity contribution in [3.8, 4) is 0 Å². The molecule has 61 heavy (non-hydrogen) atoms. The van der Waals surface area contributed by atoms with Crippen LogP contribution in [0.3, 0.4) is 0 Å². The Morgan fingerprint density at radius 3 is 1.79 bits per heavy atom. The fourth-order valence-electron chi connectivity index (χ4n) is 7.71. The van der Waals surface area contributed by atoms with Gasteiger partial charge in [-0.25, -0.2) is 0 Å². The molecule has 0 aromatic heterocycles. The van der Waals surface area contributed by atoms with Crippen LogP contribution < -0.4 is 4.90 Å². The maximum Gasteiger partial charge on any atom is 0.303 e. The zero-order valence-electron chi connectivity index (χ0n) is 36.0. The Morgan fingerprint density at radius 1 is 0.738 bits per heavy atom. The average molecular weight is 896 g/mol. The third-order valence-electron chi connectivity index (χ3n) is 10.9. The number of aliphatic carboxylic acids is 1. The number of fused-ring (bicyclic) bond motifs is 2. The maximum atomic E-state index is 12.4. The molecule has 340 valence electrons. The van der Waals surface area contributed by atoms with Crippen molar-refractivity contribution < 1.29 is 68.8 Å². The second-order valence-corrected chi connectivity index (χ2v) is 18.3. The highest BCUT2D eigenvalue weighted by molar-refractivity contribution is 7.86. The summed E-state index contributed by atoms with van der Waals surface area (Å²) in [6.45, 7) is 13.7. The molecule has 2 aliphatic rings. The topological polar surface area (TPSA) is 208 Å². The number of nitrogens with zero attached hydrogens (tertiary/aromatic N) is 2. The molecule has 2 heterocycles. The van der Waals surface area contributed by atoms with Gasteiger partial charge >= 0.3 is 5.97 Å². The van der Waals surface area contributed by atoms with E-state index in [1.165, 1.54) is 24.3 Å². The van der Waals surface area contributed by atoms with E-state index in [0.717, 1.165) is 28.3 Å². The Hall–Kier alpha value is -3.56. The van der Waals surface area contributed by atoms with Gasteiger partial charge < -0.3 is 38.4 Å². The van der Waals surface area contributed by atoms with Crippen molar-refractivity contribution in [3.63, 3.8) is 0 Å². The van der Waals surface area contributed by atoms with Gasteiger partial charge in [0.1, 0.15) is 6.54 Å². The van der Waals surface area contributed by atoms with Gasteiger partial charge in [-0.15, -0.1) is 0 Å². The fraction of sp³-hybridized carbons (Fsp3) is 0.581. The molecule has 1 atom stereocenters. The van der Waals surface area contributed by atoms with Crippen molar-refractivity contribution in [1.29, 1.82) is 0 Å². The monoisotopic (exact) mass is 895 g/mol. The largest absolute Gasteiger partial charge is 0.481 e. The van der Waals surface area contributed by atoms with Crippen molar-refractivity contribution in [3.05, 3.63) is 71.5 Å². The van der Waals surface area contributed by atoms with Crippen molar-refractivity contribution in [1.82, 2.24) is 0 Å². The lowest BCUT2D eigenvalue weighted by Gasteiger charge is -2.30. The van der Waals surface area contributed by atoms with E-state index in [2.05, 4.69) is 9.48 Å². The van der Waals surface area contributed by atoms with E-state index < -0.39 is 37.0 Å². The van der Waals surface area contributed by atoms with Gasteiger partial charge in [0.05, 0.1) is 81.3 Å². The molecule has 2 aromatic carbocycles. The zero-order chi connectivity index (χ0) is 44.7. The second kappa shape index (κ2) is 23.2. The Bertz CT molecular complexity index is 2100. The summed E-state index contributed by atoms with van der Waals surface area (Å²) in [5, 5.41) is 9.19. The summed E-state index contributed by atoms with van der Waals surface area (Å²) in [6, 6.07) is 9.18. The first-order chi connectivity index (χ1) is 29.0. The van der Waals surface area contributed by atoms with E-state index in [0.29, 0.717) is 117 Å². The molecule has 0 aliphatic carbocycles. The number of anilines is 1. The standard InChI is InChI=1S/C43H62N2O14S2/c1-6-44-37-16-14-33(60(48,49)50)31-35(37)42(2,3)39(44)11-10-12-40-43(4,18-20-55-23-24-57-27-28-59-30-29-58-26-25-56-22-21-54-5)36-32-34(61(51,52)53)15-17-38(36)45(40)19-9-7-8-13-41(46)47/h10-12,14-17,31-32H,6-9,13,18-30H2,1-5H3,(H2-,46,47,48,49,50,51,52,53)/p+1. The number of unbranched alkanes of at least 4 members (excludes halogenated alkanes) is 2. The minimum atomic E-state index is -4.53. The molecule has 0 saturated carbocycles. The molecule has 0 bridgehead atoms. The number of allylic oxidation sites excluding steroid dienone is 4. The van der Waals surface area contributed by atoms with Crippen LogP contribution in [-0.2, 0) is 64.3 Å². The minimum absolute atomic E-state index is 0.0590. The predicted octanol–water partition coefficient (Wildman–Crippen LogP) is 5.56. The van der Waals surface area contributed by atoms with Gasteiger partial charge in [-0.05, 0) is 88.9 Å². The number of carboxylic acids is 1. The van der Waals surface area contributed by atoms with Crippen LogP contribution in [0.2, 0.25) is 0 Å². The second-order valence-electron chi connectivity index (χ2n) is 15.5. The molecule has 0 amide bonds. The molecule has 2 aromatic rings. The van der Waals surface area contributed by atoms with Gasteiger partial charge in [-0.2, -0.15) is 21.4 Å². The Kier molecular flexibility index (Phi) is 19.1. The van der Waals surface area contributed by atoms with E-state index >= 15 is 0 Å². The molecule has 0 saturated heterocycles. The third kappa shape index (κ3) is 13.7. The Morgan fingerprint density at radius 2 is 1.26 bits per heavy atom. The molecule has 4 rings (SSSR count). The summed E-state index contributed by atoms with van der Waals surface area (Å²) in [4.78, 5) is 12.9. The molecular weight excluding hydrogens is 833 g/mol. The lowest BCUT2D eigenvalue weighted by atomic mass is 9.78. The average Bonchev–Trinajstić information content (AvgIpc) is 3.56. The van der Waals surface area contributed by atoms with Gasteiger partial charge in [0, 0.05) is 61.2 Å². The van der Waals surface area contributed by atoms with Gasteiger partial charge in [0.25, 0.3) is 20.2 Å². The van der Waals surface area contributed by atoms with Crippen LogP contribution in [0.5, 0.6) is 0 Å². The summed E-state index contributed by atoms with van der Waals surface area (Å²) in [6.07, 6.45) is 8.23. The molecule has 0 spiro atoms. The van der Waals surface area contributed by atoms with E-state index in [9.17, 15) is 35.8 Å². The number of ether oxygens (including phenoxy) is 6. The molecule has 0 radical (unpaired) electrons. The minimum Gasteiger partial charge on any atom is -0.481 e. The van der Waals surface area contributed by atoms with Crippen LogP contribution in [0.4, 0.5) is 11.4 Å². The van der Waals surface area contributed by atoms with Crippen LogP contribution in [0.1, 0.15) is 70.9 Å². The molecule has 0 fully saturated rings. The lowest BCUT2D eigenvalue weighted by Crippen LogP contribution is -2.31. The number of carboxylic acid groups (broad SMARTS) is 1. The molecular formula is C43H63N2O14S2+. The summed E-state index contributed by atoms with van der Waals surface area (Å²) >= 11 is 0. The number of rotatable bonds is 29. The van der Waals surface area contributed by atoms with Crippen LogP contribution in [0.15, 0.2) is 70.1 Å². The number of carbonyl (C=O) groups is 1. The number of methoxy groups -OCH3 is 1. The first kappa shape index (κ1) is 50.1. The summed E-state index contributed by atoms with van der Waals surface area (Å²) in [5.74, 6) is -0.858. The number of hydrogen-bond donors (Lipinski definition) is 3. The van der Waals surface area contributed by atoms with Crippen molar-refractivity contribution in [2.75, 3.05) is 97.8 Å².